The summed E-state index contributed by atoms with van der Waals surface area (Å²) in [5.41, 5.74) is 5.61. The van der Waals surface area contributed by atoms with Crippen LogP contribution in [0.15, 0.2) is 16.7 Å². The summed E-state index contributed by atoms with van der Waals surface area (Å²) in [5.74, 6) is 0.271. The van der Waals surface area contributed by atoms with Crippen molar-refractivity contribution in [1.29, 1.82) is 0 Å². The van der Waals surface area contributed by atoms with E-state index in [1.54, 1.807) is 11.3 Å². The number of amidine groups is 1. The van der Waals surface area contributed by atoms with Gasteiger partial charge in [0.25, 0.3) is 0 Å². The molecule has 3 N–H and O–H groups in total. The van der Waals surface area contributed by atoms with Gasteiger partial charge in [0.1, 0.15) is 0 Å². The number of nitrogens with zero attached hydrogens (tertiary/aromatic N) is 4. The van der Waals surface area contributed by atoms with Crippen LogP contribution in [0.1, 0.15) is 6.92 Å². The molecule has 1 aromatic heterocycles. The van der Waals surface area contributed by atoms with E-state index < -0.39 is 0 Å². The summed E-state index contributed by atoms with van der Waals surface area (Å²) >= 11 is 1.66. The van der Waals surface area contributed by atoms with Gasteiger partial charge < -0.3 is 15.8 Å². The fourth-order valence-corrected chi connectivity index (χ4v) is 2.64. The van der Waals surface area contributed by atoms with Gasteiger partial charge in [-0.2, -0.15) is 0 Å². The summed E-state index contributed by atoms with van der Waals surface area (Å²) in [5, 5.41) is 14.8. The van der Waals surface area contributed by atoms with E-state index in [0.717, 1.165) is 31.3 Å². The minimum Gasteiger partial charge on any atom is -0.409 e. The maximum Gasteiger partial charge on any atom is 0.185 e. The lowest BCUT2D eigenvalue weighted by molar-refractivity contribution is 0.230. The fraction of sp³-hybridized carbons (Fsp3) is 0.600. The van der Waals surface area contributed by atoms with Crippen molar-refractivity contribution in [3.8, 4) is 0 Å². The van der Waals surface area contributed by atoms with Gasteiger partial charge in [-0.05, 0) is 6.92 Å². The predicted molar refractivity (Wildman–Crippen MR) is 68.8 cm³/mol. The van der Waals surface area contributed by atoms with Crippen molar-refractivity contribution < 1.29 is 5.21 Å². The maximum absolute atomic E-state index is 8.66. The second kappa shape index (κ2) is 5.33. The van der Waals surface area contributed by atoms with E-state index in [1.165, 1.54) is 0 Å². The number of aromatic nitrogens is 1. The van der Waals surface area contributed by atoms with Gasteiger partial charge in [-0.3, -0.25) is 4.90 Å². The quantitative estimate of drug-likeness (QED) is 0.354. The van der Waals surface area contributed by atoms with Crippen LogP contribution in [-0.4, -0.2) is 53.1 Å². The molecule has 2 rings (SSSR count). The highest BCUT2D eigenvalue weighted by atomic mass is 32.1. The highest BCUT2D eigenvalue weighted by Gasteiger charge is 2.24. The number of thiazole rings is 1. The number of nitrogens with two attached hydrogens (primary N) is 1. The Balaban J connectivity index is 1.90. The van der Waals surface area contributed by atoms with Crippen molar-refractivity contribution in [3.05, 3.63) is 11.6 Å². The molecule has 1 fully saturated rings. The van der Waals surface area contributed by atoms with Gasteiger partial charge in [0.05, 0.1) is 6.04 Å². The Bertz CT molecular complexity index is 372. The number of oxime groups is 1. The highest BCUT2D eigenvalue weighted by molar-refractivity contribution is 7.13. The number of piperazine rings is 1. The average Bonchev–Trinajstić information content (AvgIpc) is 2.91. The average molecular weight is 255 g/mol. The number of anilines is 1. The molecule has 0 bridgehead atoms. The largest absolute Gasteiger partial charge is 0.409 e. The van der Waals surface area contributed by atoms with E-state index in [1.807, 2.05) is 18.5 Å². The van der Waals surface area contributed by atoms with E-state index in [-0.39, 0.29) is 11.9 Å². The Labute approximate surface area is 104 Å². The Kier molecular flexibility index (Phi) is 3.80. The fourth-order valence-electron chi connectivity index (χ4n) is 1.94. The molecular formula is C10H17N5OS. The SMILES string of the molecule is CC(C(N)=NO)N1CCN(c2nccs2)CC1. The molecular weight excluding hydrogens is 238 g/mol. The summed E-state index contributed by atoms with van der Waals surface area (Å²) in [4.78, 5) is 8.77. The molecule has 0 spiro atoms. The van der Waals surface area contributed by atoms with Gasteiger partial charge in [0.15, 0.2) is 11.0 Å². The summed E-state index contributed by atoms with van der Waals surface area (Å²) < 4.78 is 0. The molecule has 1 aromatic rings. The third-order valence-corrected chi connectivity index (χ3v) is 3.93. The van der Waals surface area contributed by atoms with Gasteiger partial charge in [0.2, 0.25) is 0 Å². The molecule has 7 heteroatoms. The number of hydrogen-bond acceptors (Lipinski definition) is 6. The van der Waals surface area contributed by atoms with Crippen molar-refractivity contribution in [2.24, 2.45) is 10.9 Å². The molecule has 1 aliphatic heterocycles. The van der Waals surface area contributed by atoms with Crippen molar-refractivity contribution in [1.82, 2.24) is 9.88 Å². The third-order valence-electron chi connectivity index (χ3n) is 3.10. The normalized spacial score (nSPS) is 20.5. The summed E-state index contributed by atoms with van der Waals surface area (Å²) in [6, 6.07) is -0.0153. The van der Waals surface area contributed by atoms with Gasteiger partial charge in [0, 0.05) is 37.8 Å². The first-order valence-corrected chi connectivity index (χ1v) is 6.46. The summed E-state index contributed by atoms with van der Waals surface area (Å²) in [6.07, 6.45) is 1.82. The Hall–Kier alpha value is -1.34. The lowest BCUT2D eigenvalue weighted by Gasteiger charge is -2.37. The molecule has 1 aliphatic rings. The molecule has 0 radical (unpaired) electrons. The first-order valence-electron chi connectivity index (χ1n) is 5.58. The van der Waals surface area contributed by atoms with E-state index in [0.29, 0.717) is 0 Å². The van der Waals surface area contributed by atoms with Crippen LogP contribution in [0.4, 0.5) is 5.13 Å². The lowest BCUT2D eigenvalue weighted by Crippen LogP contribution is -2.53. The Morgan fingerprint density at radius 2 is 2.24 bits per heavy atom. The molecule has 94 valence electrons. The molecule has 0 aromatic carbocycles. The van der Waals surface area contributed by atoms with Crippen LogP contribution in [0.5, 0.6) is 0 Å². The third kappa shape index (κ3) is 2.67. The van der Waals surface area contributed by atoms with Crippen molar-refractivity contribution in [3.63, 3.8) is 0 Å². The van der Waals surface area contributed by atoms with E-state index in [4.69, 9.17) is 10.9 Å². The van der Waals surface area contributed by atoms with Crippen molar-refractivity contribution >= 4 is 22.3 Å². The molecule has 1 atom stereocenters. The second-order valence-electron chi connectivity index (χ2n) is 4.04. The smallest absolute Gasteiger partial charge is 0.185 e. The maximum atomic E-state index is 8.66. The van der Waals surface area contributed by atoms with Gasteiger partial charge >= 0.3 is 0 Å². The van der Waals surface area contributed by atoms with Crippen LogP contribution in [0.3, 0.4) is 0 Å². The van der Waals surface area contributed by atoms with Crippen molar-refractivity contribution in [2.45, 2.75) is 13.0 Å². The first kappa shape index (κ1) is 12.1. The van der Waals surface area contributed by atoms with Crippen LogP contribution in [0.25, 0.3) is 0 Å². The van der Waals surface area contributed by atoms with E-state index in [9.17, 15) is 0 Å². The lowest BCUT2D eigenvalue weighted by atomic mass is 10.2. The molecule has 2 heterocycles. The van der Waals surface area contributed by atoms with Gasteiger partial charge in [-0.25, -0.2) is 4.98 Å². The Morgan fingerprint density at radius 1 is 1.53 bits per heavy atom. The van der Waals surface area contributed by atoms with Crippen LogP contribution < -0.4 is 10.6 Å². The highest BCUT2D eigenvalue weighted by Crippen LogP contribution is 2.19. The summed E-state index contributed by atoms with van der Waals surface area (Å²) in [7, 11) is 0. The molecule has 1 saturated heterocycles. The zero-order valence-electron chi connectivity index (χ0n) is 9.78. The first-order chi connectivity index (χ1) is 8.22. The van der Waals surface area contributed by atoms with Crippen LogP contribution in [0.2, 0.25) is 0 Å². The summed E-state index contributed by atoms with van der Waals surface area (Å²) in [6.45, 7) is 5.61. The van der Waals surface area contributed by atoms with Crippen molar-refractivity contribution in [2.75, 3.05) is 31.1 Å². The zero-order chi connectivity index (χ0) is 12.3. The number of rotatable bonds is 3. The Morgan fingerprint density at radius 3 is 2.76 bits per heavy atom. The molecule has 6 nitrogen and oxygen atoms in total. The molecule has 17 heavy (non-hydrogen) atoms. The monoisotopic (exact) mass is 255 g/mol. The number of hydrogen-bond donors (Lipinski definition) is 2. The van der Waals surface area contributed by atoms with Gasteiger partial charge in [-0.1, -0.05) is 5.16 Å². The van der Waals surface area contributed by atoms with Crippen LogP contribution in [0, 0.1) is 0 Å². The topological polar surface area (TPSA) is 78.0 Å². The zero-order valence-corrected chi connectivity index (χ0v) is 10.6. The standard InChI is InChI=1S/C10H17N5OS/c1-8(9(11)13-16)14-3-5-15(6-4-14)10-12-2-7-17-10/h2,7-8,16H,3-6H2,1H3,(H2,11,13). The minimum atomic E-state index is -0.0153. The van der Waals surface area contributed by atoms with Crippen LogP contribution in [-0.2, 0) is 0 Å². The molecule has 0 aliphatic carbocycles. The van der Waals surface area contributed by atoms with E-state index in [2.05, 4.69) is 19.9 Å². The second-order valence-corrected chi connectivity index (χ2v) is 4.91. The molecule has 0 saturated carbocycles. The van der Waals surface area contributed by atoms with Gasteiger partial charge in [-0.15, -0.1) is 11.3 Å². The molecule has 0 amide bonds. The van der Waals surface area contributed by atoms with E-state index >= 15 is 0 Å². The predicted octanol–water partition coefficient (Wildman–Crippen LogP) is 0.400. The minimum absolute atomic E-state index is 0.0153. The molecule has 1 unspecified atom stereocenters. The van der Waals surface area contributed by atoms with Crippen LogP contribution >= 0.6 is 11.3 Å².